The van der Waals surface area contributed by atoms with E-state index in [1.165, 1.54) is 4.90 Å². The highest BCUT2D eigenvalue weighted by molar-refractivity contribution is 6.11. The largest absolute Gasteiger partial charge is 0.325 e. The second kappa shape index (κ2) is 7.51. The Kier molecular flexibility index (Phi) is 4.55. The first-order valence-corrected chi connectivity index (χ1v) is 11.5. The molecule has 1 aromatic heterocycles. The van der Waals surface area contributed by atoms with Gasteiger partial charge in [0, 0.05) is 23.6 Å². The molecule has 9 nitrogen and oxygen atoms in total. The Morgan fingerprint density at radius 1 is 1.15 bits per heavy atom. The number of anilines is 2. The number of nitrogens with one attached hydrogen (secondary N) is 2. The van der Waals surface area contributed by atoms with Gasteiger partial charge in [0.15, 0.2) is 5.82 Å². The second-order valence-corrected chi connectivity index (χ2v) is 9.30. The van der Waals surface area contributed by atoms with Crippen LogP contribution in [0.3, 0.4) is 0 Å². The highest BCUT2D eigenvalue weighted by Crippen LogP contribution is 2.44. The summed E-state index contributed by atoms with van der Waals surface area (Å²) >= 11 is 0. The lowest BCUT2D eigenvalue weighted by Crippen LogP contribution is -2.63. The number of hydrogen-bond acceptors (Lipinski definition) is 5. The molecule has 172 valence electrons. The topological polar surface area (TPSA) is 111 Å². The Labute approximate surface area is 196 Å². The minimum atomic E-state index is -0.866. The van der Waals surface area contributed by atoms with Crippen molar-refractivity contribution >= 4 is 29.1 Å². The van der Waals surface area contributed by atoms with Gasteiger partial charge in [-0.15, -0.1) is 0 Å². The number of aromatic nitrogens is 3. The van der Waals surface area contributed by atoms with Gasteiger partial charge in [-0.1, -0.05) is 12.1 Å². The van der Waals surface area contributed by atoms with Crippen molar-refractivity contribution in [1.29, 1.82) is 0 Å². The third-order valence-electron chi connectivity index (χ3n) is 6.94. The number of hydrogen-bond donors (Lipinski definition) is 2. The third kappa shape index (κ3) is 3.27. The maximum Gasteiger partial charge on any atom is 0.258 e. The summed E-state index contributed by atoms with van der Waals surface area (Å²) in [7, 11) is 0. The van der Waals surface area contributed by atoms with Crippen LogP contribution >= 0.6 is 0 Å². The number of rotatable bonds is 5. The van der Waals surface area contributed by atoms with Crippen molar-refractivity contribution in [3.63, 3.8) is 0 Å². The molecule has 3 heterocycles. The molecule has 1 unspecified atom stereocenters. The number of benzene rings is 2. The number of H-pyrrole nitrogens is 1. The number of fused-ring (bicyclic) bond motifs is 3. The summed E-state index contributed by atoms with van der Waals surface area (Å²) in [5, 5.41) is 10.2. The number of para-hydroxylation sites is 1. The van der Waals surface area contributed by atoms with Crippen LogP contribution in [0.25, 0.3) is 11.4 Å². The molecule has 1 saturated heterocycles. The van der Waals surface area contributed by atoms with Gasteiger partial charge >= 0.3 is 0 Å². The zero-order chi connectivity index (χ0) is 23.4. The number of carbonyl (C=O) groups is 3. The summed E-state index contributed by atoms with van der Waals surface area (Å²) in [5.74, 6) is 1.45. The number of aromatic amines is 1. The first-order valence-electron chi connectivity index (χ1n) is 11.5. The summed E-state index contributed by atoms with van der Waals surface area (Å²) in [6.07, 6.45) is 3.11. The average Bonchev–Trinajstić information content (AvgIpc) is 3.48. The molecule has 1 atom stereocenters. The fourth-order valence-corrected chi connectivity index (χ4v) is 4.93. The van der Waals surface area contributed by atoms with Gasteiger partial charge < -0.3 is 10.2 Å². The zero-order valence-electron chi connectivity index (χ0n) is 18.7. The van der Waals surface area contributed by atoms with Crippen molar-refractivity contribution < 1.29 is 14.4 Å². The van der Waals surface area contributed by atoms with E-state index in [-0.39, 0.29) is 24.3 Å². The van der Waals surface area contributed by atoms with E-state index in [4.69, 9.17) is 0 Å². The lowest BCUT2D eigenvalue weighted by atomic mass is 9.98. The summed E-state index contributed by atoms with van der Waals surface area (Å²) in [4.78, 5) is 46.7. The van der Waals surface area contributed by atoms with E-state index in [2.05, 4.69) is 20.5 Å². The fourth-order valence-electron chi connectivity index (χ4n) is 4.93. The average molecular weight is 457 g/mol. The number of amides is 3. The highest BCUT2D eigenvalue weighted by atomic mass is 16.2. The van der Waals surface area contributed by atoms with Crippen LogP contribution in [0.15, 0.2) is 48.5 Å². The van der Waals surface area contributed by atoms with Crippen LogP contribution in [0.5, 0.6) is 0 Å². The lowest BCUT2D eigenvalue weighted by molar-refractivity contribution is -0.120. The molecule has 9 heteroatoms. The van der Waals surface area contributed by atoms with E-state index < -0.39 is 5.66 Å². The molecule has 2 fully saturated rings. The van der Waals surface area contributed by atoms with Crippen LogP contribution in [0.4, 0.5) is 11.4 Å². The van der Waals surface area contributed by atoms with Crippen LogP contribution in [-0.4, -0.2) is 50.0 Å². The van der Waals surface area contributed by atoms with Gasteiger partial charge in [-0.3, -0.25) is 24.4 Å². The van der Waals surface area contributed by atoms with E-state index in [9.17, 15) is 14.4 Å². The summed E-state index contributed by atoms with van der Waals surface area (Å²) in [6, 6.07) is 14.4. The SMILES string of the molecule is CC12CCC(=O)N1c1ccccc1C(=O)N2CC(=O)Nc1ccc(-c2n[nH]c(C3CC3)n2)cc1. The van der Waals surface area contributed by atoms with Crippen molar-refractivity contribution in [2.75, 3.05) is 16.8 Å². The second-order valence-electron chi connectivity index (χ2n) is 9.30. The van der Waals surface area contributed by atoms with E-state index in [1.807, 2.05) is 25.1 Å². The monoisotopic (exact) mass is 456 g/mol. The fraction of sp³-hybridized carbons (Fsp3) is 0.320. The smallest absolute Gasteiger partial charge is 0.258 e. The third-order valence-corrected chi connectivity index (χ3v) is 6.94. The van der Waals surface area contributed by atoms with Gasteiger partial charge in [0.2, 0.25) is 11.8 Å². The lowest BCUT2D eigenvalue weighted by Gasteiger charge is -2.48. The number of nitrogens with zero attached hydrogens (tertiary/aromatic N) is 4. The molecule has 2 aromatic carbocycles. The number of carbonyl (C=O) groups excluding carboxylic acids is 3. The molecule has 34 heavy (non-hydrogen) atoms. The predicted octanol–water partition coefficient (Wildman–Crippen LogP) is 3.29. The Bertz CT molecular complexity index is 1310. The quantitative estimate of drug-likeness (QED) is 0.612. The first-order chi connectivity index (χ1) is 16.4. The van der Waals surface area contributed by atoms with E-state index in [1.54, 1.807) is 35.2 Å². The normalized spacial score (nSPS) is 21.4. The van der Waals surface area contributed by atoms with Gasteiger partial charge in [-0.05, 0) is 62.6 Å². The minimum absolute atomic E-state index is 0.0414. The summed E-state index contributed by atoms with van der Waals surface area (Å²) in [5.41, 5.74) is 1.65. The summed E-state index contributed by atoms with van der Waals surface area (Å²) < 4.78 is 0. The molecule has 6 rings (SSSR count). The van der Waals surface area contributed by atoms with Crippen molar-refractivity contribution in [1.82, 2.24) is 20.1 Å². The standard InChI is InChI=1S/C25H24N6O3/c1-25-13-12-21(33)31(25)19-5-3-2-4-18(19)24(34)30(25)14-20(32)26-17-10-8-16(9-11-17)23-27-22(28-29-23)15-6-7-15/h2-5,8-11,15H,6-7,12-14H2,1H3,(H,26,32)(H,27,28,29). The minimum Gasteiger partial charge on any atom is -0.325 e. The molecule has 0 radical (unpaired) electrons. The molecule has 3 aliphatic rings. The van der Waals surface area contributed by atoms with Gasteiger partial charge in [0.05, 0.1) is 11.3 Å². The molecule has 3 amide bonds. The first kappa shape index (κ1) is 20.6. The van der Waals surface area contributed by atoms with E-state index in [0.717, 1.165) is 24.2 Å². The van der Waals surface area contributed by atoms with Gasteiger partial charge in [0.25, 0.3) is 5.91 Å². The Morgan fingerprint density at radius 3 is 2.68 bits per heavy atom. The predicted molar refractivity (Wildman–Crippen MR) is 125 cm³/mol. The van der Waals surface area contributed by atoms with Crippen molar-refractivity contribution in [3.05, 3.63) is 59.9 Å². The molecule has 1 aliphatic carbocycles. The highest BCUT2D eigenvalue weighted by Gasteiger charge is 2.53. The molecular formula is C25H24N6O3. The molecular weight excluding hydrogens is 432 g/mol. The van der Waals surface area contributed by atoms with Gasteiger partial charge in [-0.2, -0.15) is 5.10 Å². The van der Waals surface area contributed by atoms with Crippen molar-refractivity contribution in [3.8, 4) is 11.4 Å². The molecule has 0 spiro atoms. The molecule has 3 aromatic rings. The Morgan fingerprint density at radius 2 is 1.91 bits per heavy atom. The van der Waals surface area contributed by atoms with Crippen LogP contribution in [0.2, 0.25) is 0 Å². The van der Waals surface area contributed by atoms with E-state index >= 15 is 0 Å². The molecule has 0 bridgehead atoms. The maximum atomic E-state index is 13.3. The van der Waals surface area contributed by atoms with Crippen LogP contribution < -0.4 is 10.2 Å². The molecule has 2 N–H and O–H groups in total. The van der Waals surface area contributed by atoms with Crippen LogP contribution in [-0.2, 0) is 9.59 Å². The van der Waals surface area contributed by atoms with E-state index in [0.29, 0.717) is 41.5 Å². The van der Waals surface area contributed by atoms with Gasteiger partial charge in [0.1, 0.15) is 18.0 Å². The van der Waals surface area contributed by atoms with Crippen molar-refractivity contribution in [2.45, 2.75) is 44.2 Å². The zero-order valence-corrected chi connectivity index (χ0v) is 18.7. The Balaban J connectivity index is 1.19. The van der Waals surface area contributed by atoms with Crippen LogP contribution in [0.1, 0.15) is 54.7 Å². The van der Waals surface area contributed by atoms with Crippen molar-refractivity contribution in [2.24, 2.45) is 0 Å². The summed E-state index contributed by atoms with van der Waals surface area (Å²) in [6.45, 7) is 1.70. The van der Waals surface area contributed by atoms with Gasteiger partial charge in [-0.25, -0.2) is 4.98 Å². The maximum absolute atomic E-state index is 13.3. The Hall–Kier alpha value is -4.01. The molecule has 1 saturated carbocycles. The van der Waals surface area contributed by atoms with Crippen LogP contribution in [0, 0.1) is 0 Å². The molecule has 2 aliphatic heterocycles.